The number of rotatable bonds is 6. The van der Waals surface area contributed by atoms with Crippen molar-refractivity contribution in [3.8, 4) is 0 Å². The number of benzene rings is 1. The zero-order chi connectivity index (χ0) is 20.8. The average molecular weight is 396 g/mol. The average Bonchev–Trinajstić information content (AvgIpc) is 2.74. The van der Waals surface area contributed by atoms with Crippen molar-refractivity contribution in [1.29, 1.82) is 0 Å². The van der Waals surface area contributed by atoms with E-state index in [1.54, 1.807) is 36.5 Å². The third-order valence-electron chi connectivity index (χ3n) is 4.90. The van der Waals surface area contributed by atoms with Crippen LogP contribution in [0.4, 0.5) is 0 Å². The first-order chi connectivity index (χ1) is 14.0. The van der Waals surface area contributed by atoms with Crippen LogP contribution in [-0.2, 0) is 14.3 Å². The van der Waals surface area contributed by atoms with Gasteiger partial charge in [0.15, 0.2) is 6.10 Å². The zero-order valence-corrected chi connectivity index (χ0v) is 16.4. The fourth-order valence-corrected chi connectivity index (χ4v) is 3.29. The number of likely N-dealkylation sites (N-methyl/N-ethyl adjacent to an activating group) is 1. The molecule has 1 fully saturated rings. The Morgan fingerprint density at radius 1 is 1.14 bits per heavy atom. The van der Waals surface area contributed by atoms with Crippen LogP contribution in [0.2, 0.25) is 0 Å². The van der Waals surface area contributed by atoms with Gasteiger partial charge in [0.05, 0.1) is 6.04 Å². The monoisotopic (exact) mass is 396 g/mol. The van der Waals surface area contributed by atoms with Crippen LogP contribution in [0.1, 0.15) is 27.5 Å². The van der Waals surface area contributed by atoms with Gasteiger partial charge in [-0.3, -0.25) is 19.4 Å². The molecule has 8 nitrogen and oxygen atoms in total. The van der Waals surface area contributed by atoms with Crippen molar-refractivity contribution in [1.82, 2.24) is 20.5 Å². The smallest absolute Gasteiger partial charge is 0.251 e. The van der Waals surface area contributed by atoms with Crippen LogP contribution in [-0.4, -0.2) is 60.5 Å². The highest BCUT2D eigenvalue weighted by Crippen LogP contribution is 2.31. The summed E-state index contributed by atoms with van der Waals surface area (Å²) in [4.78, 5) is 42.4. The second kappa shape index (κ2) is 9.29. The van der Waals surface area contributed by atoms with E-state index in [0.29, 0.717) is 5.56 Å². The lowest BCUT2D eigenvalue weighted by atomic mass is 9.94. The normalized spacial score (nSPS) is 19.0. The molecule has 0 spiro atoms. The number of hydrogen-bond acceptors (Lipinski definition) is 5. The fourth-order valence-electron chi connectivity index (χ4n) is 3.29. The summed E-state index contributed by atoms with van der Waals surface area (Å²) < 4.78 is 5.59. The van der Waals surface area contributed by atoms with Gasteiger partial charge in [0.2, 0.25) is 5.91 Å². The number of ether oxygens (including phenoxy) is 1. The van der Waals surface area contributed by atoms with Gasteiger partial charge in [0.25, 0.3) is 11.8 Å². The van der Waals surface area contributed by atoms with Crippen LogP contribution in [0.25, 0.3) is 0 Å². The number of carbonyl (C=O) groups excluding carboxylic acids is 3. The van der Waals surface area contributed by atoms with Gasteiger partial charge in [-0.25, -0.2) is 0 Å². The van der Waals surface area contributed by atoms with E-state index in [1.165, 1.54) is 0 Å². The van der Waals surface area contributed by atoms with Gasteiger partial charge in [-0.2, -0.15) is 0 Å². The number of carbonyl (C=O) groups is 3. The molecule has 8 heteroatoms. The lowest BCUT2D eigenvalue weighted by Gasteiger charge is -2.38. The molecule has 1 aromatic heterocycles. The number of nitrogens with zero attached hydrogens (tertiary/aromatic N) is 2. The van der Waals surface area contributed by atoms with E-state index in [1.807, 2.05) is 31.2 Å². The molecule has 0 radical (unpaired) electrons. The first-order valence-electron chi connectivity index (χ1n) is 9.37. The van der Waals surface area contributed by atoms with E-state index in [4.69, 9.17) is 4.74 Å². The summed E-state index contributed by atoms with van der Waals surface area (Å²) in [6.45, 7) is 2.30. The highest BCUT2D eigenvalue weighted by Gasteiger charge is 2.40. The number of aryl methyl sites for hydroxylation is 1. The van der Waals surface area contributed by atoms with Crippen molar-refractivity contribution in [2.75, 3.05) is 26.7 Å². The highest BCUT2D eigenvalue weighted by atomic mass is 16.5. The minimum atomic E-state index is -0.824. The van der Waals surface area contributed by atoms with Crippen molar-refractivity contribution < 1.29 is 19.1 Å². The summed E-state index contributed by atoms with van der Waals surface area (Å²) in [5.74, 6) is -0.735. The van der Waals surface area contributed by atoms with Gasteiger partial charge < -0.3 is 20.3 Å². The Bertz CT molecular complexity index is 887. The molecular weight excluding hydrogens is 372 g/mol. The summed E-state index contributed by atoms with van der Waals surface area (Å²) >= 11 is 0. The van der Waals surface area contributed by atoms with E-state index in [2.05, 4.69) is 15.6 Å². The molecule has 1 aromatic carbocycles. The van der Waals surface area contributed by atoms with E-state index < -0.39 is 12.1 Å². The summed E-state index contributed by atoms with van der Waals surface area (Å²) in [7, 11) is 1.68. The van der Waals surface area contributed by atoms with Crippen molar-refractivity contribution in [2.24, 2.45) is 0 Å². The Labute approximate surface area is 169 Å². The molecule has 0 unspecified atom stereocenters. The second-order valence-electron chi connectivity index (χ2n) is 6.82. The van der Waals surface area contributed by atoms with Crippen LogP contribution in [0, 0.1) is 6.92 Å². The van der Waals surface area contributed by atoms with Crippen molar-refractivity contribution in [2.45, 2.75) is 19.1 Å². The van der Waals surface area contributed by atoms with Crippen LogP contribution in [0.3, 0.4) is 0 Å². The molecule has 0 aliphatic carbocycles. The lowest BCUT2D eigenvalue weighted by molar-refractivity contribution is -0.162. The lowest BCUT2D eigenvalue weighted by Crippen LogP contribution is -2.53. The fraction of sp³-hybridized carbons (Fsp3) is 0.333. The van der Waals surface area contributed by atoms with Crippen LogP contribution in [0.5, 0.6) is 0 Å². The zero-order valence-electron chi connectivity index (χ0n) is 16.4. The van der Waals surface area contributed by atoms with Gasteiger partial charge >= 0.3 is 0 Å². The first kappa shape index (κ1) is 20.5. The predicted molar refractivity (Wildman–Crippen MR) is 106 cm³/mol. The van der Waals surface area contributed by atoms with Crippen LogP contribution >= 0.6 is 0 Å². The Balaban J connectivity index is 1.60. The Morgan fingerprint density at radius 3 is 2.55 bits per heavy atom. The van der Waals surface area contributed by atoms with Crippen molar-refractivity contribution >= 4 is 17.7 Å². The van der Waals surface area contributed by atoms with E-state index in [9.17, 15) is 14.4 Å². The third-order valence-corrected chi connectivity index (χ3v) is 4.90. The maximum atomic E-state index is 12.8. The molecule has 0 bridgehead atoms. The van der Waals surface area contributed by atoms with Gasteiger partial charge in [-0.1, -0.05) is 24.3 Å². The van der Waals surface area contributed by atoms with Gasteiger partial charge in [0.1, 0.15) is 6.61 Å². The van der Waals surface area contributed by atoms with Gasteiger partial charge in [-0.15, -0.1) is 0 Å². The standard InChI is InChI=1S/C21H24N4O4/c1-14-5-3-4-6-16(14)18-19(29-13-17(26)25(18)2)21(28)24-12-11-23-20(27)15-7-9-22-10-8-15/h3-10,18-19H,11-13H2,1-2H3,(H,23,27)(H,24,28)/t18-,19+/m1/s1. The largest absolute Gasteiger partial charge is 0.356 e. The Hall–Kier alpha value is -3.26. The maximum Gasteiger partial charge on any atom is 0.251 e. The molecule has 3 amide bonds. The highest BCUT2D eigenvalue weighted by molar-refractivity contribution is 5.94. The molecule has 2 N–H and O–H groups in total. The number of morpholine rings is 1. The molecule has 152 valence electrons. The summed E-state index contributed by atoms with van der Waals surface area (Å²) in [6, 6.07) is 10.3. The molecule has 2 heterocycles. The van der Waals surface area contributed by atoms with Gasteiger partial charge in [-0.05, 0) is 30.2 Å². The summed E-state index contributed by atoms with van der Waals surface area (Å²) in [5.41, 5.74) is 2.35. The summed E-state index contributed by atoms with van der Waals surface area (Å²) in [5, 5.41) is 5.52. The van der Waals surface area contributed by atoms with E-state index in [0.717, 1.165) is 11.1 Å². The number of aromatic nitrogens is 1. The molecule has 1 aliphatic rings. The van der Waals surface area contributed by atoms with Crippen LogP contribution < -0.4 is 10.6 Å². The molecular formula is C21H24N4O4. The number of nitrogens with one attached hydrogen (secondary N) is 2. The van der Waals surface area contributed by atoms with Crippen molar-refractivity contribution in [3.05, 3.63) is 65.5 Å². The Morgan fingerprint density at radius 2 is 1.83 bits per heavy atom. The topological polar surface area (TPSA) is 101 Å². The molecule has 2 aromatic rings. The van der Waals surface area contributed by atoms with Gasteiger partial charge in [0, 0.05) is 38.1 Å². The molecule has 29 heavy (non-hydrogen) atoms. The van der Waals surface area contributed by atoms with Crippen LogP contribution in [0.15, 0.2) is 48.8 Å². The second-order valence-corrected chi connectivity index (χ2v) is 6.82. The molecule has 1 saturated heterocycles. The molecule has 3 rings (SSSR count). The number of hydrogen-bond donors (Lipinski definition) is 2. The maximum absolute atomic E-state index is 12.8. The van der Waals surface area contributed by atoms with E-state index in [-0.39, 0.29) is 37.4 Å². The summed E-state index contributed by atoms with van der Waals surface area (Å²) in [6.07, 6.45) is 2.26. The molecule has 2 atom stereocenters. The molecule has 1 aliphatic heterocycles. The molecule has 0 saturated carbocycles. The minimum Gasteiger partial charge on any atom is -0.356 e. The SMILES string of the molecule is Cc1ccccc1[C@@H]1[C@@H](C(=O)NCCNC(=O)c2ccncc2)OCC(=O)N1C. The Kier molecular flexibility index (Phi) is 6.56. The van der Waals surface area contributed by atoms with E-state index >= 15 is 0 Å². The third kappa shape index (κ3) is 4.78. The first-order valence-corrected chi connectivity index (χ1v) is 9.37. The van der Waals surface area contributed by atoms with Crippen molar-refractivity contribution in [3.63, 3.8) is 0 Å². The quantitative estimate of drug-likeness (QED) is 0.705. The minimum absolute atomic E-state index is 0.143. The predicted octanol–water partition coefficient (Wildman–Crippen LogP) is 0.835. The number of pyridine rings is 1. The number of amides is 3.